The van der Waals surface area contributed by atoms with Crippen LogP contribution in [0, 0.1) is 0 Å². The lowest BCUT2D eigenvalue weighted by atomic mass is 10.0. The van der Waals surface area contributed by atoms with E-state index in [0.717, 1.165) is 90.4 Å². The van der Waals surface area contributed by atoms with E-state index in [-0.39, 0.29) is 6.04 Å². The minimum atomic E-state index is 0.259. The predicted octanol–water partition coefficient (Wildman–Crippen LogP) is 1.35. The molecule has 2 heterocycles. The Morgan fingerprint density at radius 1 is 1.00 bits per heavy atom. The molecule has 0 amide bonds. The molecule has 1 unspecified atom stereocenters. The fraction of sp³-hybridized carbons (Fsp3) is 0.696. The van der Waals surface area contributed by atoms with Gasteiger partial charge in [0, 0.05) is 46.3 Å². The molecule has 2 fully saturated rings. The van der Waals surface area contributed by atoms with Crippen LogP contribution in [0.1, 0.15) is 24.4 Å². The minimum absolute atomic E-state index is 0.259. The summed E-state index contributed by atoms with van der Waals surface area (Å²) in [6.07, 6.45) is 2.32. The third kappa shape index (κ3) is 7.96. The van der Waals surface area contributed by atoms with E-state index < -0.39 is 0 Å². The summed E-state index contributed by atoms with van der Waals surface area (Å²) in [5.41, 5.74) is 1.27. The fourth-order valence-electron chi connectivity index (χ4n) is 4.08. The summed E-state index contributed by atoms with van der Waals surface area (Å²) in [6.45, 7) is 10.2. The summed E-state index contributed by atoms with van der Waals surface area (Å²) in [6, 6.07) is 8.63. The van der Waals surface area contributed by atoms with Crippen LogP contribution in [0.4, 0.5) is 0 Å². The average molecular weight is 434 g/mol. The van der Waals surface area contributed by atoms with Gasteiger partial charge < -0.3 is 24.8 Å². The molecule has 174 valence electrons. The molecule has 0 spiro atoms. The van der Waals surface area contributed by atoms with Crippen LogP contribution in [0.25, 0.3) is 0 Å². The number of aliphatic imine (C=N–C) groups is 1. The summed E-state index contributed by atoms with van der Waals surface area (Å²) in [7, 11) is 3.53. The summed E-state index contributed by atoms with van der Waals surface area (Å²) >= 11 is 0. The lowest BCUT2D eigenvalue weighted by Crippen LogP contribution is -2.46. The quantitative estimate of drug-likeness (QED) is 0.328. The molecule has 0 radical (unpaired) electrons. The van der Waals surface area contributed by atoms with Crippen molar-refractivity contribution in [2.24, 2.45) is 4.99 Å². The largest absolute Gasteiger partial charge is 0.497 e. The van der Waals surface area contributed by atoms with Crippen LogP contribution in [-0.4, -0.2) is 102 Å². The highest BCUT2D eigenvalue weighted by Gasteiger charge is 2.23. The second kappa shape index (κ2) is 13.5. The molecular weight excluding hydrogens is 394 g/mol. The molecule has 2 aliphatic heterocycles. The molecular formula is C23H39N5O3. The van der Waals surface area contributed by atoms with Gasteiger partial charge in [-0.15, -0.1) is 0 Å². The Balaban J connectivity index is 1.45. The van der Waals surface area contributed by atoms with Crippen LogP contribution >= 0.6 is 0 Å². The normalized spacial score (nSPS) is 19.7. The maximum atomic E-state index is 5.56. The smallest absolute Gasteiger partial charge is 0.191 e. The number of morpholine rings is 2. The third-order valence-electron chi connectivity index (χ3n) is 5.97. The van der Waals surface area contributed by atoms with Crippen LogP contribution in [0.3, 0.4) is 0 Å². The Hall–Kier alpha value is -1.87. The molecule has 3 rings (SSSR count). The van der Waals surface area contributed by atoms with Crippen molar-refractivity contribution >= 4 is 5.96 Å². The molecule has 0 aliphatic carbocycles. The maximum absolute atomic E-state index is 5.56. The van der Waals surface area contributed by atoms with Gasteiger partial charge in [-0.1, -0.05) is 12.1 Å². The van der Waals surface area contributed by atoms with Gasteiger partial charge in [-0.3, -0.25) is 14.8 Å². The molecule has 1 aromatic rings. The molecule has 1 aromatic carbocycles. The summed E-state index contributed by atoms with van der Waals surface area (Å²) in [4.78, 5) is 9.38. The van der Waals surface area contributed by atoms with E-state index in [1.165, 1.54) is 12.0 Å². The standard InChI is InChI=1S/C23H39N5O3/c1-24-23(25-9-3-4-10-27-11-15-30-16-12-27)26-19-22(28-13-17-31-18-14-28)20-5-7-21(29-2)8-6-20/h5-8,22H,3-4,9-19H2,1-2H3,(H2,24,25,26). The number of rotatable bonds is 10. The van der Waals surface area contributed by atoms with Crippen molar-refractivity contribution in [3.8, 4) is 5.75 Å². The van der Waals surface area contributed by atoms with Crippen LogP contribution in [-0.2, 0) is 9.47 Å². The maximum Gasteiger partial charge on any atom is 0.191 e. The van der Waals surface area contributed by atoms with Crippen molar-refractivity contribution < 1.29 is 14.2 Å². The van der Waals surface area contributed by atoms with E-state index in [2.05, 4.69) is 37.6 Å². The van der Waals surface area contributed by atoms with Gasteiger partial charge in [0.1, 0.15) is 5.75 Å². The van der Waals surface area contributed by atoms with E-state index in [1.807, 2.05) is 19.2 Å². The second-order valence-electron chi connectivity index (χ2n) is 7.98. The number of hydrogen-bond acceptors (Lipinski definition) is 6. The predicted molar refractivity (Wildman–Crippen MR) is 124 cm³/mol. The van der Waals surface area contributed by atoms with Crippen molar-refractivity contribution in [2.75, 3.05) is 86.4 Å². The van der Waals surface area contributed by atoms with Crippen molar-refractivity contribution in [3.63, 3.8) is 0 Å². The summed E-state index contributed by atoms with van der Waals surface area (Å²) in [5, 5.41) is 7.00. The number of benzene rings is 1. The molecule has 2 saturated heterocycles. The van der Waals surface area contributed by atoms with Crippen LogP contribution in [0.5, 0.6) is 5.75 Å². The molecule has 0 aromatic heterocycles. The van der Waals surface area contributed by atoms with E-state index in [4.69, 9.17) is 14.2 Å². The zero-order valence-corrected chi connectivity index (χ0v) is 19.1. The number of methoxy groups -OCH3 is 1. The van der Waals surface area contributed by atoms with Gasteiger partial charge in [0.25, 0.3) is 0 Å². The Morgan fingerprint density at radius 2 is 1.68 bits per heavy atom. The second-order valence-corrected chi connectivity index (χ2v) is 7.98. The molecule has 8 heteroatoms. The minimum Gasteiger partial charge on any atom is -0.497 e. The van der Waals surface area contributed by atoms with E-state index in [1.54, 1.807) is 7.11 Å². The lowest BCUT2D eigenvalue weighted by Gasteiger charge is -2.35. The molecule has 0 bridgehead atoms. The molecule has 2 aliphatic rings. The van der Waals surface area contributed by atoms with Crippen LogP contribution < -0.4 is 15.4 Å². The van der Waals surface area contributed by atoms with Crippen molar-refractivity contribution in [3.05, 3.63) is 29.8 Å². The van der Waals surface area contributed by atoms with Gasteiger partial charge in [0.15, 0.2) is 5.96 Å². The molecule has 31 heavy (non-hydrogen) atoms. The lowest BCUT2D eigenvalue weighted by molar-refractivity contribution is 0.0170. The molecule has 1 atom stereocenters. The summed E-state index contributed by atoms with van der Waals surface area (Å²) < 4.78 is 16.3. The number of hydrogen-bond donors (Lipinski definition) is 2. The van der Waals surface area contributed by atoms with Crippen LogP contribution in [0.2, 0.25) is 0 Å². The summed E-state index contributed by atoms with van der Waals surface area (Å²) in [5.74, 6) is 1.74. The van der Waals surface area contributed by atoms with E-state index in [0.29, 0.717) is 0 Å². The zero-order chi connectivity index (χ0) is 21.7. The Morgan fingerprint density at radius 3 is 2.32 bits per heavy atom. The first-order valence-corrected chi connectivity index (χ1v) is 11.5. The number of nitrogens with zero attached hydrogens (tertiary/aromatic N) is 3. The number of unbranched alkanes of at least 4 members (excludes halogenated alkanes) is 1. The highest BCUT2D eigenvalue weighted by molar-refractivity contribution is 5.79. The zero-order valence-electron chi connectivity index (χ0n) is 19.1. The van der Waals surface area contributed by atoms with Crippen LogP contribution in [0.15, 0.2) is 29.3 Å². The Labute approximate surface area is 186 Å². The first kappa shape index (κ1) is 23.8. The van der Waals surface area contributed by atoms with Gasteiger partial charge >= 0.3 is 0 Å². The Kier molecular flexibility index (Phi) is 10.4. The third-order valence-corrected chi connectivity index (χ3v) is 5.97. The van der Waals surface area contributed by atoms with Gasteiger partial charge in [-0.2, -0.15) is 0 Å². The van der Waals surface area contributed by atoms with Crippen molar-refractivity contribution in [2.45, 2.75) is 18.9 Å². The first-order valence-electron chi connectivity index (χ1n) is 11.5. The monoisotopic (exact) mass is 433 g/mol. The highest BCUT2D eigenvalue weighted by atomic mass is 16.5. The number of nitrogens with one attached hydrogen (secondary N) is 2. The van der Waals surface area contributed by atoms with Gasteiger partial charge in [0.05, 0.1) is 39.6 Å². The first-order chi connectivity index (χ1) is 15.3. The fourth-order valence-corrected chi connectivity index (χ4v) is 4.08. The highest BCUT2D eigenvalue weighted by Crippen LogP contribution is 2.23. The molecule has 2 N–H and O–H groups in total. The van der Waals surface area contributed by atoms with Crippen molar-refractivity contribution in [1.82, 2.24) is 20.4 Å². The number of ether oxygens (including phenoxy) is 3. The van der Waals surface area contributed by atoms with Gasteiger partial charge in [-0.25, -0.2) is 0 Å². The van der Waals surface area contributed by atoms with Gasteiger partial charge in [-0.05, 0) is 37.1 Å². The topological polar surface area (TPSA) is 70.6 Å². The van der Waals surface area contributed by atoms with Gasteiger partial charge in [0.2, 0.25) is 0 Å². The molecule has 8 nitrogen and oxygen atoms in total. The van der Waals surface area contributed by atoms with E-state index >= 15 is 0 Å². The number of guanidine groups is 1. The van der Waals surface area contributed by atoms with E-state index in [9.17, 15) is 0 Å². The Bertz CT molecular complexity index is 643. The SMILES string of the molecule is CN=C(NCCCCN1CCOCC1)NCC(c1ccc(OC)cc1)N1CCOCC1. The average Bonchev–Trinajstić information content (AvgIpc) is 2.84. The van der Waals surface area contributed by atoms with Crippen molar-refractivity contribution in [1.29, 1.82) is 0 Å². The molecule has 0 saturated carbocycles.